The molecule has 2 saturated heterocycles. The van der Waals surface area contributed by atoms with Crippen LogP contribution >= 0.6 is 0 Å². The molecule has 13 heteroatoms. The molecular formula is C24H25F5N6O2. The van der Waals surface area contributed by atoms with Crippen LogP contribution in [0.4, 0.5) is 32.4 Å². The maximum atomic E-state index is 14.9. The Hall–Kier alpha value is -3.51. The molecule has 4 heterocycles. The second-order valence-corrected chi connectivity index (χ2v) is 9.73. The predicted octanol–water partition coefficient (Wildman–Crippen LogP) is 5.41. The van der Waals surface area contributed by atoms with E-state index in [2.05, 4.69) is 32.7 Å². The van der Waals surface area contributed by atoms with Crippen LogP contribution in [0, 0.1) is 18.7 Å². The molecule has 1 unspecified atom stereocenters. The molecule has 3 fully saturated rings. The monoisotopic (exact) mass is 524 g/mol. The Morgan fingerprint density at radius 1 is 1.27 bits per heavy atom. The van der Waals surface area contributed by atoms with E-state index in [0.717, 1.165) is 25.1 Å². The minimum Gasteiger partial charge on any atom is -0.423 e. The van der Waals surface area contributed by atoms with E-state index in [9.17, 15) is 26.7 Å². The van der Waals surface area contributed by atoms with Gasteiger partial charge in [-0.2, -0.15) is 13.2 Å². The zero-order valence-electron chi connectivity index (χ0n) is 20.3. The number of piperidine rings is 1. The van der Waals surface area contributed by atoms with Crippen molar-refractivity contribution in [3.05, 3.63) is 52.9 Å². The first-order valence-corrected chi connectivity index (χ1v) is 11.9. The third-order valence-electron chi connectivity index (χ3n) is 7.33. The maximum Gasteiger partial charge on any atom is 0.417 e. The number of amides is 2. The SMILES string of the molecule is CC[C@@H]1C[C@H]2C[C@@](c3nnc(C)o3)(C1)N2C(=O)Nc1cc(C2=NC(C)C(F)=CN2)c(C(F)(F)F)cc1F. The van der Waals surface area contributed by atoms with Crippen LogP contribution in [0.5, 0.6) is 0 Å². The second kappa shape index (κ2) is 8.80. The summed E-state index contributed by atoms with van der Waals surface area (Å²) in [5.41, 5.74) is -3.15. The van der Waals surface area contributed by atoms with Gasteiger partial charge in [-0.1, -0.05) is 13.3 Å². The molecule has 2 N–H and O–H groups in total. The van der Waals surface area contributed by atoms with Crippen LogP contribution < -0.4 is 10.6 Å². The standard InChI is InChI=1S/C24H25F5N6O2/c1-4-13-5-14-9-23(8-13,21-34-33-12(3)37-21)35(14)22(36)32-19-6-15(16(7-17(19)25)24(27,28)29)20-30-10-18(26)11(2)31-20/h6-7,10-11,13-14H,4-5,8-9H2,1-3H3,(H,30,31)(H,32,36)/t11?,13-,14+,23-/m1/s1. The minimum atomic E-state index is -4.92. The molecule has 0 radical (unpaired) electrons. The fourth-order valence-electron chi connectivity index (χ4n) is 5.54. The summed E-state index contributed by atoms with van der Waals surface area (Å²) in [5, 5.41) is 12.8. The zero-order chi connectivity index (χ0) is 26.7. The number of urea groups is 1. The Labute approximate surface area is 209 Å². The summed E-state index contributed by atoms with van der Waals surface area (Å²) < 4.78 is 75.6. The molecule has 8 nitrogen and oxygen atoms in total. The number of rotatable bonds is 4. The van der Waals surface area contributed by atoms with E-state index in [-0.39, 0.29) is 17.8 Å². The number of fused-ring (bicyclic) bond motifs is 2. The van der Waals surface area contributed by atoms with Crippen LogP contribution in [0.1, 0.15) is 62.4 Å². The van der Waals surface area contributed by atoms with E-state index in [1.807, 2.05) is 0 Å². The van der Waals surface area contributed by atoms with Gasteiger partial charge in [-0.25, -0.2) is 13.6 Å². The molecule has 2 bridgehead atoms. The Morgan fingerprint density at radius 3 is 2.65 bits per heavy atom. The van der Waals surface area contributed by atoms with Crippen LogP contribution in [-0.4, -0.2) is 39.0 Å². The van der Waals surface area contributed by atoms with E-state index in [1.54, 1.807) is 6.92 Å². The smallest absolute Gasteiger partial charge is 0.417 e. The van der Waals surface area contributed by atoms with Gasteiger partial charge in [0, 0.05) is 31.1 Å². The van der Waals surface area contributed by atoms with Gasteiger partial charge in [-0.05, 0) is 37.8 Å². The molecule has 198 valence electrons. The van der Waals surface area contributed by atoms with Gasteiger partial charge in [0.25, 0.3) is 0 Å². The van der Waals surface area contributed by atoms with E-state index >= 15 is 0 Å². The molecule has 2 aromatic rings. The summed E-state index contributed by atoms with van der Waals surface area (Å²) in [5.74, 6) is -1.28. The van der Waals surface area contributed by atoms with Gasteiger partial charge in [-0.3, -0.25) is 4.99 Å². The lowest BCUT2D eigenvalue weighted by Gasteiger charge is -2.61. The third kappa shape index (κ3) is 4.23. The fraction of sp³-hybridized carbons (Fsp3) is 0.500. The Bertz CT molecular complexity index is 1310. The van der Waals surface area contributed by atoms with Gasteiger partial charge < -0.3 is 20.0 Å². The third-order valence-corrected chi connectivity index (χ3v) is 7.33. The minimum absolute atomic E-state index is 0.166. The second-order valence-electron chi connectivity index (χ2n) is 9.73. The summed E-state index contributed by atoms with van der Waals surface area (Å²) >= 11 is 0. The molecule has 4 aliphatic rings. The molecule has 2 amide bonds. The first-order chi connectivity index (χ1) is 17.4. The van der Waals surface area contributed by atoms with E-state index in [1.165, 1.54) is 11.8 Å². The number of aromatic nitrogens is 2. The Kier molecular flexibility index (Phi) is 5.99. The molecule has 1 aliphatic carbocycles. The van der Waals surface area contributed by atoms with Gasteiger partial charge >= 0.3 is 12.2 Å². The number of aliphatic imine (C=N–C) groups is 1. The summed E-state index contributed by atoms with van der Waals surface area (Å²) in [4.78, 5) is 18.9. The number of hydrogen-bond donors (Lipinski definition) is 2. The van der Waals surface area contributed by atoms with Gasteiger partial charge in [0.15, 0.2) is 0 Å². The van der Waals surface area contributed by atoms with Crippen molar-refractivity contribution in [2.75, 3.05) is 5.32 Å². The number of hydrogen-bond acceptors (Lipinski definition) is 6. The highest BCUT2D eigenvalue weighted by Crippen LogP contribution is 2.56. The molecule has 37 heavy (non-hydrogen) atoms. The van der Waals surface area contributed by atoms with E-state index in [0.29, 0.717) is 30.7 Å². The van der Waals surface area contributed by atoms with Crippen molar-refractivity contribution in [2.45, 2.75) is 70.3 Å². The van der Waals surface area contributed by atoms with Crippen molar-refractivity contribution in [1.82, 2.24) is 20.4 Å². The van der Waals surface area contributed by atoms with Gasteiger partial charge in [0.05, 0.1) is 11.3 Å². The number of halogens is 5. The number of anilines is 1. The lowest BCUT2D eigenvalue weighted by molar-refractivity contribution is -0.137. The van der Waals surface area contributed by atoms with Crippen molar-refractivity contribution in [2.24, 2.45) is 10.9 Å². The molecule has 0 spiro atoms. The number of nitrogens with one attached hydrogen (secondary N) is 2. The number of aryl methyl sites for hydroxylation is 1. The lowest BCUT2D eigenvalue weighted by Crippen LogP contribution is -2.70. The summed E-state index contributed by atoms with van der Waals surface area (Å²) in [6.45, 7) is 5.06. The molecule has 1 aromatic carbocycles. The first kappa shape index (κ1) is 25.2. The molecule has 3 aliphatic heterocycles. The number of amidine groups is 1. The number of alkyl halides is 3. The first-order valence-electron chi connectivity index (χ1n) is 11.9. The number of carbonyl (C=O) groups is 1. The van der Waals surface area contributed by atoms with E-state index < -0.39 is 52.2 Å². The predicted molar refractivity (Wildman–Crippen MR) is 123 cm³/mol. The van der Waals surface area contributed by atoms with Gasteiger partial charge in [-0.15, -0.1) is 10.2 Å². The van der Waals surface area contributed by atoms with Crippen molar-refractivity contribution >= 4 is 17.6 Å². The topological polar surface area (TPSA) is 95.7 Å². The van der Waals surface area contributed by atoms with Crippen molar-refractivity contribution < 1.29 is 31.2 Å². The zero-order valence-corrected chi connectivity index (χ0v) is 20.3. The fourth-order valence-corrected chi connectivity index (χ4v) is 5.54. The quantitative estimate of drug-likeness (QED) is 0.522. The van der Waals surface area contributed by atoms with Crippen LogP contribution in [0.15, 0.2) is 33.6 Å². The summed E-state index contributed by atoms with van der Waals surface area (Å²) in [7, 11) is 0. The van der Waals surface area contributed by atoms with Crippen molar-refractivity contribution in [3.8, 4) is 0 Å². The lowest BCUT2D eigenvalue weighted by atomic mass is 9.63. The van der Waals surface area contributed by atoms with Crippen LogP contribution in [0.2, 0.25) is 0 Å². The molecular weight excluding hydrogens is 499 g/mol. The summed E-state index contributed by atoms with van der Waals surface area (Å²) in [6.07, 6.45) is -1.23. The Morgan fingerprint density at radius 2 is 2.03 bits per heavy atom. The van der Waals surface area contributed by atoms with E-state index in [4.69, 9.17) is 4.42 Å². The highest BCUT2D eigenvalue weighted by Gasteiger charge is 2.62. The highest BCUT2D eigenvalue weighted by molar-refractivity contribution is 6.03. The Balaban J connectivity index is 1.49. The van der Waals surface area contributed by atoms with Crippen LogP contribution in [-0.2, 0) is 11.7 Å². The number of benzene rings is 1. The van der Waals surface area contributed by atoms with Gasteiger partial charge in [0.2, 0.25) is 11.8 Å². The number of nitrogens with zero attached hydrogens (tertiary/aromatic N) is 4. The average Bonchev–Trinajstić information content (AvgIpc) is 3.27. The number of carbonyl (C=O) groups excluding carboxylic acids is 1. The highest BCUT2D eigenvalue weighted by atomic mass is 19.4. The normalized spacial score (nSPS) is 27.1. The maximum absolute atomic E-state index is 14.9. The van der Waals surface area contributed by atoms with Crippen LogP contribution in [0.25, 0.3) is 0 Å². The largest absolute Gasteiger partial charge is 0.423 e. The molecule has 4 atom stereocenters. The van der Waals surface area contributed by atoms with Gasteiger partial charge in [0.1, 0.15) is 29.1 Å². The average molecular weight is 524 g/mol. The molecule has 1 saturated carbocycles. The van der Waals surface area contributed by atoms with Crippen LogP contribution in [0.3, 0.4) is 0 Å². The molecule has 1 aromatic heterocycles. The van der Waals surface area contributed by atoms with Crippen molar-refractivity contribution in [3.63, 3.8) is 0 Å². The summed E-state index contributed by atoms with van der Waals surface area (Å²) in [6, 6.07) is -0.717. The molecule has 6 rings (SSSR count). The van der Waals surface area contributed by atoms with Crippen molar-refractivity contribution in [1.29, 1.82) is 0 Å².